The third-order valence-corrected chi connectivity index (χ3v) is 4.77. The SMILES string of the molecule is C=C(/C=N\NCc1ccccc1)c1ccc(O)c(-c2nccc(NCC(N)CC)n2)c1. The fraction of sp³-hybridized carbons (Fsp3) is 0.208. The van der Waals surface area contributed by atoms with E-state index in [2.05, 4.69) is 32.4 Å². The number of aromatic nitrogens is 2. The molecule has 7 heteroatoms. The first-order valence-corrected chi connectivity index (χ1v) is 10.2. The molecule has 0 saturated carbocycles. The number of nitrogens with one attached hydrogen (secondary N) is 2. The first kappa shape index (κ1) is 22.0. The summed E-state index contributed by atoms with van der Waals surface area (Å²) in [7, 11) is 0. The maximum atomic E-state index is 10.4. The molecule has 2 aromatic carbocycles. The van der Waals surface area contributed by atoms with Crippen molar-refractivity contribution in [2.75, 3.05) is 11.9 Å². The summed E-state index contributed by atoms with van der Waals surface area (Å²) in [6.07, 6.45) is 4.18. The standard InChI is InChI=1S/C24H28N6O/c1-3-20(25)16-27-23-11-12-26-24(30-23)21-13-19(9-10-22(21)31)17(2)14-28-29-15-18-7-5-4-6-8-18/h4-14,20,29,31H,2-3,15-16,25H2,1H3,(H,26,27,30)/b28-14-. The van der Waals surface area contributed by atoms with Gasteiger partial charge in [-0.2, -0.15) is 5.10 Å². The number of hydrazone groups is 1. The van der Waals surface area contributed by atoms with Gasteiger partial charge in [0, 0.05) is 18.8 Å². The van der Waals surface area contributed by atoms with Crippen LogP contribution in [0.4, 0.5) is 5.82 Å². The Kier molecular flexibility index (Phi) is 7.73. The smallest absolute Gasteiger partial charge is 0.165 e. The summed E-state index contributed by atoms with van der Waals surface area (Å²) in [5.41, 5.74) is 12.1. The lowest BCUT2D eigenvalue weighted by molar-refractivity contribution is 0.477. The fourth-order valence-electron chi connectivity index (χ4n) is 2.81. The highest BCUT2D eigenvalue weighted by molar-refractivity contribution is 6.09. The van der Waals surface area contributed by atoms with Crippen LogP contribution in [0.5, 0.6) is 5.75 Å². The van der Waals surface area contributed by atoms with Gasteiger partial charge in [-0.15, -0.1) is 0 Å². The molecule has 0 aliphatic heterocycles. The normalized spacial score (nSPS) is 11.9. The third-order valence-electron chi connectivity index (χ3n) is 4.77. The second-order valence-corrected chi connectivity index (χ2v) is 7.15. The van der Waals surface area contributed by atoms with Gasteiger partial charge in [-0.3, -0.25) is 0 Å². The molecule has 0 radical (unpaired) electrons. The van der Waals surface area contributed by atoms with Crippen LogP contribution in [0.2, 0.25) is 0 Å². The number of nitrogens with two attached hydrogens (primary N) is 1. The van der Waals surface area contributed by atoms with Crippen LogP contribution in [0.3, 0.4) is 0 Å². The van der Waals surface area contributed by atoms with Crippen molar-refractivity contribution in [2.45, 2.75) is 25.9 Å². The van der Waals surface area contributed by atoms with E-state index in [9.17, 15) is 5.11 Å². The Labute approximate surface area is 182 Å². The fourth-order valence-corrected chi connectivity index (χ4v) is 2.81. The zero-order valence-corrected chi connectivity index (χ0v) is 17.6. The molecular formula is C24H28N6O. The van der Waals surface area contributed by atoms with E-state index in [1.54, 1.807) is 36.7 Å². The Morgan fingerprint density at radius 2 is 2.03 bits per heavy atom. The summed E-state index contributed by atoms with van der Waals surface area (Å²) in [6.45, 7) is 7.35. The van der Waals surface area contributed by atoms with E-state index in [-0.39, 0.29) is 11.8 Å². The van der Waals surface area contributed by atoms with Crippen molar-refractivity contribution < 1.29 is 5.11 Å². The molecule has 1 unspecified atom stereocenters. The molecule has 3 aromatic rings. The van der Waals surface area contributed by atoms with Crippen LogP contribution in [0.25, 0.3) is 17.0 Å². The second kappa shape index (κ2) is 10.9. The predicted octanol–water partition coefficient (Wildman–Crippen LogP) is 3.79. The zero-order chi connectivity index (χ0) is 22.1. The Morgan fingerprint density at radius 3 is 2.81 bits per heavy atom. The van der Waals surface area contributed by atoms with Crippen LogP contribution in [0, 0.1) is 0 Å². The number of phenols is 1. The predicted molar refractivity (Wildman–Crippen MR) is 127 cm³/mol. The van der Waals surface area contributed by atoms with E-state index in [0.29, 0.717) is 35.9 Å². The minimum atomic E-state index is 0.0493. The number of hydrogen-bond acceptors (Lipinski definition) is 7. The van der Waals surface area contributed by atoms with Gasteiger partial charge in [0.1, 0.15) is 11.6 Å². The third kappa shape index (κ3) is 6.38. The molecule has 1 atom stereocenters. The Hall–Kier alpha value is -3.71. The van der Waals surface area contributed by atoms with Gasteiger partial charge < -0.3 is 21.6 Å². The molecule has 0 spiro atoms. The molecule has 7 nitrogen and oxygen atoms in total. The maximum Gasteiger partial charge on any atom is 0.165 e. The molecule has 0 fully saturated rings. The van der Waals surface area contributed by atoms with E-state index in [4.69, 9.17) is 5.73 Å². The monoisotopic (exact) mass is 416 g/mol. The molecule has 5 N–H and O–H groups in total. The minimum Gasteiger partial charge on any atom is -0.507 e. The summed E-state index contributed by atoms with van der Waals surface area (Å²) in [5.74, 6) is 1.17. The van der Waals surface area contributed by atoms with Gasteiger partial charge in [-0.05, 0) is 41.3 Å². The molecule has 0 amide bonds. The number of anilines is 1. The number of rotatable bonds is 10. The average Bonchev–Trinajstić information content (AvgIpc) is 2.81. The second-order valence-electron chi connectivity index (χ2n) is 7.15. The molecule has 1 heterocycles. The highest BCUT2D eigenvalue weighted by atomic mass is 16.3. The lowest BCUT2D eigenvalue weighted by atomic mass is 10.0. The number of benzene rings is 2. The topological polar surface area (TPSA) is 108 Å². The number of hydrogen-bond donors (Lipinski definition) is 4. The van der Waals surface area contributed by atoms with Crippen molar-refractivity contribution in [3.63, 3.8) is 0 Å². The van der Waals surface area contributed by atoms with Gasteiger partial charge >= 0.3 is 0 Å². The Morgan fingerprint density at radius 1 is 1.23 bits per heavy atom. The van der Waals surface area contributed by atoms with Crippen LogP contribution in [-0.4, -0.2) is 33.9 Å². The van der Waals surface area contributed by atoms with Crippen LogP contribution in [-0.2, 0) is 6.54 Å². The molecule has 3 rings (SSSR count). The first-order valence-electron chi connectivity index (χ1n) is 10.2. The van der Waals surface area contributed by atoms with Crippen molar-refractivity contribution in [1.82, 2.24) is 15.4 Å². The van der Waals surface area contributed by atoms with Crippen molar-refractivity contribution >= 4 is 17.6 Å². The van der Waals surface area contributed by atoms with Gasteiger partial charge in [0.25, 0.3) is 0 Å². The number of nitrogens with zero attached hydrogens (tertiary/aromatic N) is 3. The maximum absolute atomic E-state index is 10.4. The van der Waals surface area contributed by atoms with E-state index < -0.39 is 0 Å². The highest BCUT2D eigenvalue weighted by Crippen LogP contribution is 2.29. The van der Waals surface area contributed by atoms with Gasteiger partial charge in [0.05, 0.1) is 18.3 Å². The lowest BCUT2D eigenvalue weighted by Gasteiger charge is -2.12. The van der Waals surface area contributed by atoms with E-state index >= 15 is 0 Å². The van der Waals surface area contributed by atoms with Crippen molar-refractivity contribution in [3.05, 3.63) is 78.5 Å². The number of phenolic OH excluding ortho intramolecular Hbond substituents is 1. The van der Waals surface area contributed by atoms with E-state index in [1.165, 1.54) is 0 Å². The van der Waals surface area contributed by atoms with Gasteiger partial charge in [0.2, 0.25) is 0 Å². The molecule has 160 valence electrons. The van der Waals surface area contributed by atoms with Gasteiger partial charge in [-0.25, -0.2) is 9.97 Å². The Balaban J connectivity index is 1.69. The summed E-state index contributed by atoms with van der Waals surface area (Å²) < 4.78 is 0. The minimum absolute atomic E-state index is 0.0493. The van der Waals surface area contributed by atoms with Crippen LogP contribution < -0.4 is 16.5 Å². The molecule has 0 aliphatic carbocycles. The van der Waals surface area contributed by atoms with Crippen LogP contribution in [0.15, 0.2) is 72.5 Å². The summed E-state index contributed by atoms with van der Waals surface area (Å²) in [4.78, 5) is 8.82. The average molecular weight is 417 g/mol. The molecular weight excluding hydrogens is 388 g/mol. The highest BCUT2D eigenvalue weighted by Gasteiger charge is 2.11. The van der Waals surface area contributed by atoms with E-state index in [0.717, 1.165) is 17.5 Å². The molecule has 0 aliphatic rings. The summed E-state index contributed by atoms with van der Waals surface area (Å²) in [5, 5.41) is 17.8. The zero-order valence-electron chi connectivity index (χ0n) is 17.6. The van der Waals surface area contributed by atoms with Gasteiger partial charge in [-0.1, -0.05) is 49.9 Å². The molecule has 0 bridgehead atoms. The number of allylic oxidation sites excluding steroid dienone is 1. The Bertz CT molecular complexity index is 1040. The largest absolute Gasteiger partial charge is 0.507 e. The summed E-state index contributed by atoms with van der Waals surface area (Å²) in [6, 6.07) is 17.0. The number of aromatic hydroxyl groups is 1. The van der Waals surface area contributed by atoms with Crippen molar-refractivity contribution in [2.24, 2.45) is 10.8 Å². The van der Waals surface area contributed by atoms with Crippen molar-refractivity contribution in [1.29, 1.82) is 0 Å². The quantitative estimate of drug-likeness (QED) is 0.296. The lowest BCUT2D eigenvalue weighted by Crippen LogP contribution is -2.28. The first-order chi connectivity index (χ1) is 15.1. The van der Waals surface area contributed by atoms with Crippen LogP contribution in [0.1, 0.15) is 24.5 Å². The molecule has 1 aromatic heterocycles. The molecule has 31 heavy (non-hydrogen) atoms. The van der Waals surface area contributed by atoms with Crippen LogP contribution >= 0.6 is 0 Å². The summed E-state index contributed by atoms with van der Waals surface area (Å²) >= 11 is 0. The van der Waals surface area contributed by atoms with E-state index in [1.807, 2.05) is 37.3 Å². The van der Waals surface area contributed by atoms with Crippen molar-refractivity contribution in [3.8, 4) is 17.1 Å². The van der Waals surface area contributed by atoms with Gasteiger partial charge in [0.15, 0.2) is 5.82 Å². The molecule has 0 saturated heterocycles.